The lowest BCUT2D eigenvalue weighted by Gasteiger charge is -2.20. The molecule has 0 aliphatic heterocycles. The number of rotatable bonds is 9. The molecule has 0 spiro atoms. The Kier molecular flexibility index (Phi) is 8.34. The van der Waals surface area contributed by atoms with Crippen molar-refractivity contribution >= 4 is 23.3 Å². The zero-order valence-electron chi connectivity index (χ0n) is 16.8. The van der Waals surface area contributed by atoms with Gasteiger partial charge in [-0.3, -0.25) is 4.79 Å². The number of para-hydroxylation sites is 1. The number of carbonyl (C=O) groups excluding carboxylic acids is 2. The topological polar surface area (TPSA) is 70.7 Å². The van der Waals surface area contributed by atoms with Gasteiger partial charge in [0.1, 0.15) is 5.75 Å². The third-order valence-corrected chi connectivity index (χ3v) is 4.32. The molecule has 2 rings (SSSR count). The van der Waals surface area contributed by atoms with E-state index in [9.17, 15) is 9.59 Å². The van der Waals surface area contributed by atoms with Gasteiger partial charge in [-0.1, -0.05) is 31.2 Å². The first-order valence-corrected chi connectivity index (χ1v) is 9.60. The zero-order chi connectivity index (χ0) is 20.4. The van der Waals surface area contributed by atoms with Crippen molar-refractivity contribution in [1.29, 1.82) is 0 Å². The largest absolute Gasteiger partial charge is 0.494 e. The molecule has 6 nitrogen and oxygen atoms in total. The van der Waals surface area contributed by atoms with Gasteiger partial charge in [-0.25, -0.2) is 4.79 Å². The minimum absolute atomic E-state index is 0.0235. The lowest BCUT2D eigenvalue weighted by atomic mass is 10.1. The van der Waals surface area contributed by atoms with E-state index in [1.807, 2.05) is 62.4 Å². The van der Waals surface area contributed by atoms with E-state index in [1.165, 1.54) is 0 Å². The molecule has 0 saturated carbocycles. The first-order chi connectivity index (χ1) is 13.5. The van der Waals surface area contributed by atoms with Crippen LogP contribution in [0.25, 0.3) is 0 Å². The van der Waals surface area contributed by atoms with Crippen LogP contribution in [-0.2, 0) is 4.79 Å². The number of benzene rings is 2. The smallest absolute Gasteiger partial charge is 0.321 e. The maximum Gasteiger partial charge on any atom is 0.321 e. The molecule has 3 amide bonds. The summed E-state index contributed by atoms with van der Waals surface area (Å²) in [5, 5.41) is 5.80. The Morgan fingerprint density at radius 1 is 1.00 bits per heavy atom. The minimum Gasteiger partial charge on any atom is -0.494 e. The van der Waals surface area contributed by atoms with Gasteiger partial charge in [0, 0.05) is 31.4 Å². The molecule has 0 saturated heterocycles. The van der Waals surface area contributed by atoms with Crippen LogP contribution < -0.4 is 15.4 Å². The summed E-state index contributed by atoms with van der Waals surface area (Å²) in [7, 11) is 1.75. The van der Waals surface area contributed by atoms with Gasteiger partial charge in [0.15, 0.2) is 0 Å². The van der Waals surface area contributed by atoms with Gasteiger partial charge in [0.25, 0.3) is 0 Å². The Labute approximate surface area is 166 Å². The average Bonchev–Trinajstić information content (AvgIpc) is 2.69. The third-order valence-electron chi connectivity index (χ3n) is 4.32. The second-order valence-electron chi connectivity index (χ2n) is 6.64. The van der Waals surface area contributed by atoms with Crippen LogP contribution in [0.3, 0.4) is 0 Å². The Hall–Kier alpha value is -3.02. The van der Waals surface area contributed by atoms with E-state index >= 15 is 0 Å². The fourth-order valence-electron chi connectivity index (χ4n) is 2.67. The predicted octanol–water partition coefficient (Wildman–Crippen LogP) is 4.67. The summed E-state index contributed by atoms with van der Waals surface area (Å²) in [6.07, 6.45) is 1.99. The zero-order valence-corrected chi connectivity index (χ0v) is 16.8. The molecular weight excluding hydrogens is 354 g/mol. The minimum atomic E-state index is -0.195. The first-order valence-electron chi connectivity index (χ1n) is 9.60. The predicted molar refractivity (Wildman–Crippen MR) is 113 cm³/mol. The van der Waals surface area contributed by atoms with Gasteiger partial charge in [-0.05, 0) is 49.6 Å². The molecule has 28 heavy (non-hydrogen) atoms. The normalized spacial score (nSPS) is 10.2. The number of nitrogens with zero attached hydrogens (tertiary/aromatic N) is 1. The van der Waals surface area contributed by atoms with Gasteiger partial charge in [0.2, 0.25) is 5.91 Å². The Balaban J connectivity index is 1.83. The molecule has 6 heteroatoms. The molecule has 2 aromatic carbocycles. The van der Waals surface area contributed by atoms with E-state index < -0.39 is 0 Å². The highest BCUT2D eigenvalue weighted by atomic mass is 16.5. The summed E-state index contributed by atoms with van der Waals surface area (Å²) in [6, 6.07) is 14.9. The third kappa shape index (κ3) is 6.61. The van der Waals surface area contributed by atoms with Gasteiger partial charge in [0.05, 0.1) is 6.61 Å². The van der Waals surface area contributed by atoms with Gasteiger partial charge in [-0.15, -0.1) is 0 Å². The summed E-state index contributed by atoms with van der Waals surface area (Å²) in [6.45, 7) is 4.96. The summed E-state index contributed by atoms with van der Waals surface area (Å²) in [5.41, 5.74) is 2.24. The molecule has 0 aliphatic carbocycles. The van der Waals surface area contributed by atoms with Crippen LogP contribution in [0.2, 0.25) is 0 Å². The van der Waals surface area contributed by atoms with Crippen molar-refractivity contribution in [1.82, 2.24) is 4.90 Å². The number of carbonyl (C=O) groups is 2. The molecule has 0 aromatic heterocycles. The van der Waals surface area contributed by atoms with Crippen LogP contribution in [-0.4, -0.2) is 37.0 Å². The lowest BCUT2D eigenvalue weighted by Crippen LogP contribution is -2.33. The van der Waals surface area contributed by atoms with Crippen molar-refractivity contribution in [2.24, 2.45) is 0 Å². The number of amides is 3. The summed E-state index contributed by atoms with van der Waals surface area (Å²) in [4.78, 5) is 25.9. The second-order valence-corrected chi connectivity index (χ2v) is 6.64. The van der Waals surface area contributed by atoms with E-state index in [-0.39, 0.29) is 11.9 Å². The van der Waals surface area contributed by atoms with E-state index in [2.05, 4.69) is 10.6 Å². The molecule has 0 unspecified atom stereocenters. The highest BCUT2D eigenvalue weighted by molar-refractivity contribution is 5.95. The summed E-state index contributed by atoms with van der Waals surface area (Å²) in [5.74, 6) is 0.803. The van der Waals surface area contributed by atoms with E-state index in [0.717, 1.165) is 29.8 Å². The van der Waals surface area contributed by atoms with Crippen LogP contribution >= 0.6 is 0 Å². The van der Waals surface area contributed by atoms with Crippen molar-refractivity contribution < 1.29 is 14.3 Å². The van der Waals surface area contributed by atoms with Gasteiger partial charge < -0.3 is 20.3 Å². The number of nitrogens with one attached hydrogen (secondary N) is 2. The molecule has 0 aliphatic rings. The molecule has 0 fully saturated rings. The van der Waals surface area contributed by atoms with Crippen molar-refractivity contribution in [3.63, 3.8) is 0 Å². The molecule has 0 heterocycles. The quantitative estimate of drug-likeness (QED) is 0.618. The molecule has 0 radical (unpaired) electrons. The Morgan fingerprint density at radius 2 is 1.68 bits per heavy atom. The number of anilines is 2. The molecule has 2 aromatic rings. The van der Waals surface area contributed by atoms with Crippen molar-refractivity contribution in [3.8, 4) is 5.75 Å². The molecule has 0 bridgehead atoms. The molecular formula is C22H29N3O3. The first kappa shape index (κ1) is 21.3. The van der Waals surface area contributed by atoms with E-state index in [4.69, 9.17) is 4.74 Å². The van der Waals surface area contributed by atoms with Crippen molar-refractivity contribution in [2.45, 2.75) is 33.1 Å². The lowest BCUT2D eigenvalue weighted by molar-refractivity contribution is -0.116. The fraction of sp³-hybridized carbons (Fsp3) is 0.364. The van der Waals surface area contributed by atoms with Crippen LogP contribution in [0, 0.1) is 6.92 Å². The van der Waals surface area contributed by atoms with Crippen LogP contribution in [0.5, 0.6) is 5.75 Å². The number of urea groups is 1. The average molecular weight is 383 g/mol. The molecule has 150 valence electrons. The monoisotopic (exact) mass is 383 g/mol. The Bertz CT molecular complexity index is 778. The standard InChI is InChI=1S/C22H29N3O3/c1-4-10-21(26)23-19-13-8-14-20(17(19)2)24-22(27)25(3)15-9-16-28-18-11-6-5-7-12-18/h5-8,11-14H,4,9-10,15-16H2,1-3H3,(H,23,26)(H,24,27). The van der Waals surface area contributed by atoms with Crippen LogP contribution in [0.1, 0.15) is 31.7 Å². The fourth-order valence-corrected chi connectivity index (χ4v) is 2.67. The SMILES string of the molecule is CCCC(=O)Nc1cccc(NC(=O)N(C)CCCOc2ccccc2)c1C. The summed E-state index contributed by atoms with van der Waals surface area (Å²) >= 11 is 0. The molecule has 0 atom stereocenters. The Morgan fingerprint density at radius 3 is 2.36 bits per heavy atom. The maximum absolute atomic E-state index is 12.5. The summed E-state index contributed by atoms with van der Waals surface area (Å²) < 4.78 is 5.65. The number of ether oxygens (including phenoxy) is 1. The maximum atomic E-state index is 12.5. The molecule has 2 N–H and O–H groups in total. The second kappa shape index (κ2) is 11.0. The van der Waals surface area contributed by atoms with E-state index in [0.29, 0.717) is 25.3 Å². The van der Waals surface area contributed by atoms with Gasteiger partial charge in [-0.2, -0.15) is 0 Å². The van der Waals surface area contributed by atoms with E-state index in [1.54, 1.807) is 11.9 Å². The highest BCUT2D eigenvalue weighted by Crippen LogP contribution is 2.24. The van der Waals surface area contributed by atoms with Crippen LogP contribution in [0.4, 0.5) is 16.2 Å². The number of hydrogen-bond acceptors (Lipinski definition) is 3. The number of hydrogen-bond donors (Lipinski definition) is 2. The van der Waals surface area contributed by atoms with Crippen molar-refractivity contribution in [3.05, 3.63) is 54.1 Å². The highest BCUT2D eigenvalue weighted by Gasteiger charge is 2.12. The van der Waals surface area contributed by atoms with Crippen LogP contribution in [0.15, 0.2) is 48.5 Å². The van der Waals surface area contributed by atoms with Crippen molar-refractivity contribution in [2.75, 3.05) is 30.8 Å². The van der Waals surface area contributed by atoms with Gasteiger partial charge >= 0.3 is 6.03 Å².